The lowest BCUT2D eigenvalue weighted by Gasteiger charge is -2.14. The molecule has 0 spiro atoms. The van der Waals surface area contributed by atoms with Crippen molar-refractivity contribution in [3.8, 4) is 0 Å². The largest absolute Gasteiger partial charge is 0.289 e. The van der Waals surface area contributed by atoms with E-state index in [0.29, 0.717) is 5.56 Å². The van der Waals surface area contributed by atoms with Crippen molar-refractivity contribution in [2.75, 3.05) is 0 Å². The lowest BCUT2D eigenvalue weighted by Crippen LogP contribution is -2.27. The fourth-order valence-corrected chi connectivity index (χ4v) is 3.36. The van der Waals surface area contributed by atoms with Gasteiger partial charge in [0.25, 0.3) is 5.69 Å². The maximum atomic E-state index is 12.9. The number of halogens is 1. The van der Waals surface area contributed by atoms with Crippen molar-refractivity contribution in [1.29, 1.82) is 0 Å². The highest BCUT2D eigenvalue weighted by atomic mass is 32.2. The van der Waals surface area contributed by atoms with E-state index < -0.39 is 37.4 Å². The summed E-state index contributed by atoms with van der Waals surface area (Å²) in [6.07, 6.45) is 0. The van der Waals surface area contributed by atoms with E-state index in [1.165, 1.54) is 36.4 Å². The number of nitro benzene ring substituents is 1. The number of nitrogens with zero attached hydrogens (tertiary/aromatic N) is 1. The molecule has 0 aliphatic rings. The topological polar surface area (TPSA) is 89.3 Å². The third-order valence-corrected chi connectivity index (χ3v) is 4.64. The van der Waals surface area contributed by atoms with Crippen molar-refractivity contribution in [3.63, 3.8) is 0 Å². The highest BCUT2D eigenvalue weighted by Gasteiger charge is 2.26. The molecule has 0 aromatic heterocycles. The van der Waals surface area contributed by atoms with Crippen LogP contribution in [0.4, 0.5) is 10.1 Å². The van der Waals surface area contributed by atoms with E-state index in [9.17, 15) is 22.9 Å². The number of sulfonamides is 1. The highest BCUT2D eigenvalue weighted by molar-refractivity contribution is 7.89. The molecule has 0 bridgehead atoms. The molecule has 2 rings (SSSR count). The molecule has 2 aromatic rings. The molecule has 0 unspecified atom stereocenters. The number of hydrogen-bond acceptors (Lipinski definition) is 4. The van der Waals surface area contributed by atoms with Crippen LogP contribution >= 0.6 is 0 Å². The molecule has 0 aliphatic carbocycles. The summed E-state index contributed by atoms with van der Waals surface area (Å²) in [5.74, 6) is -0.433. The summed E-state index contributed by atoms with van der Waals surface area (Å²) >= 11 is 0. The van der Waals surface area contributed by atoms with E-state index >= 15 is 0 Å². The molecule has 22 heavy (non-hydrogen) atoms. The molecule has 116 valence electrons. The summed E-state index contributed by atoms with van der Waals surface area (Å²) in [5.41, 5.74) is 0.0462. The van der Waals surface area contributed by atoms with Crippen LogP contribution in [0.25, 0.3) is 0 Å². The molecule has 0 saturated carbocycles. The molecule has 0 fully saturated rings. The second kappa shape index (κ2) is 6.20. The highest BCUT2D eigenvalue weighted by Crippen LogP contribution is 2.24. The van der Waals surface area contributed by atoms with Gasteiger partial charge in [-0.2, -0.15) is 0 Å². The molecule has 1 N–H and O–H groups in total. The number of hydrogen-bond donors (Lipinski definition) is 1. The normalized spacial score (nSPS) is 12.8. The van der Waals surface area contributed by atoms with E-state index in [1.54, 1.807) is 6.92 Å². The molecular weight excluding hydrogens is 311 g/mol. The van der Waals surface area contributed by atoms with E-state index in [1.807, 2.05) is 0 Å². The minimum Gasteiger partial charge on any atom is -0.258 e. The zero-order chi connectivity index (χ0) is 16.3. The smallest absolute Gasteiger partial charge is 0.258 e. The molecular formula is C14H13FN2O4S. The van der Waals surface area contributed by atoms with Gasteiger partial charge < -0.3 is 0 Å². The van der Waals surface area contributed by atoms with Crippen LogP contribution in [0.15, 0.2) is 53.4 Å². The first kappa shape index (κ1) is 16.1. The summed E-state index contributed by atoms with van der Waals surface area (Å²) in [5, 5.41) is 10.9. The van der Waals surface area contributed by atoms with Gasteiger partial charge in [-0.05, 0) is 30.7 Å². The fourth-order valence-electron chi connectivity index (χ4n) is 1.95. The predicted octanol–water partition coefficient (Wildman–Crippen LogP) is 2.77. The van der Waals surface area contributed by atoms with Gasteiger partial charge in [0.15, 0.2) is 4.90 Å². The molecule has 2 aromatic carbocycles. The number of benzene rings is 2. The molecule has 0 radical (unpaired) electrons. The Bertz CT molecular complexity index is 791. The van der Waals surface area contributed by atoms with E-state index in [0.717, 1.165) is 12.1 Å². The van der Waals surface area contributed by atoms with Gasteiger partial charge in [-0.3, -0.25) is 10.1 Å². The van der Waals surface area contributed by atoms with Gasteiger partial charge in [0.1, 0.15) is 5.82 Å². The molecule has 6 nitrogen and oxygen atoms in total. The van der Waals surface area contributed by atoms with E-state index in [4.69, 9.17) is 0 Å². The third kappa shape index (κ3) is 3.46. The maximum Gasteiger partial charge on any atom is 0.289 e. The van der Waals surface area contributed by atoms with E-state index in [-0.39, 0.29) is 0 Å². The van der Waals surface area contributed by atoms with Gasteiger partial charge in [0.2, 0.25) is 10.0 Å². The average Bonchev–Trinajstić information content (AvgIpc) is 2.47. The Labute approximate surface area is 126 Å². The van der Waals surface area contributed by atoms with Gasteiger partial charge >= 0.3 is 0 Å². The second-order valence-corrected chi connectivity index (χ2v) is 6.30. The molecule has 0 saturated heterocycles. The second-order valence-electron chi connectivity index (χ2n) is 4.62. The van der Waals surface area contributed by atoms with Gasteiger partial charge in [-0.15, -0.1) is 0 Å². The van der Waals surface area contributed by atoms with Crippen molar-refractivity contribution in [3.05, 3.63) is 70.0 Å². The van der Waals surface area contributed by atoms with Crippen LogP contribution in [0.3, 0.4) is 0 Å². The maximum absolute atomic E-state index is 12.9. The Morgan fingerprint density at radius 1 is 1.14 bits per heavy atom. The molecule has 0 heterocycles. The molecule has 1 atom stereocenters. The number of rotatable bonds is 5. The first-order valence-corrected chi connectivity index (χ1v) is 7.81. The quantitative estimate of drug-likeness (QED) is 0.676. The third-order valence-electron chi connectivity index (χ3n) is 3.05. The number of nitrogens with one attached hydrogen (secondary N) is 1. The average molecular weight is 324 g/mol. The lowest BCUT2D eigenvalue weighted by atomic mass is 10.1. The predicted molar refractivity (Wildman–Crippen MR) is 78.2 cm³/mol. The van der Waals surface area contributed by atoms with Gasteiger partial charge in [0, 0.05) is 12.1 Å². The van der Waals surface area contributed by atoms with Crippen LogP contribution in [-0.4, -0.2) is 13.3 Å². The molecule has 0 amide bonds. The summed E-state index contributed by atoms with van der Waals surface area (Å²) in [4.78, 5) is 9.77. The molecule has 0 aliphatic heterocycles. The Hall–Kier alpha value is -2.32. The monoisotopic (exact) mass is 324 g/mol. The van der Waals surface area contributed by atoms with Crippen LogP contribution < -0.4 is 4.72 Å². The fraction of sp³-hybridized carbons (Fsp3) is 0.143. The minimum atomic E-state index is -4.08. The van der Waals surface area contributed by atoms with E-state index in [2.05, 4.69) is 4.72 Å². The Morgan fingerprint density at radius 2 is 1.73 bits per heavy atom. The van der Waals surface area contributed by atoms with Crippen LogP contribution in [0.5, 0.6) is 0 Å². The van der Waals surface area contributed by atoms with Crippen LogP contribution in [-0.2, 0) is 10.0 Å². The van der Waals surface area contributed by atoms with Crippen molar-refractivity contribution in [2.45, 2.75) is 17.9 Å². The van der Waals surface area contributed by atoms with Crippen molar-refractivity contribution >= 4 is 15.7 Å². The van der Waals surface area contributed by atoms with Gasteiger partial charge in [0.05, 0.1) is 4.92 Å². The van der Waals surface area contributed by atoms with Crippen LogP contribution in [0, 0.1) is 15.9 Å². The zero-order valence-corrected chi connectivity index (χ0v) is 12.4. The first-order chi connectivity index (χ1) is 10.3. The van der Waals surface area contributed by atoms with Gasteiger partial charge in [-0.1, -0.05) is 24.3 Å². The van der Waals surface area contributed by atoms with Crippen molar-refractivity contribution < 1.29 is 17.7 Å². The first-order valence-electron chi connectivity index (χ1n) is 6.32. The molecule has 8 heteroatoms. The Morgan fingerprint density at radius 3 is 2.32 bits per heavy atom. The SMILES string of the molecule is C[C@@H](NS(=O)(=O)c1ccccc1[N+](=O)[O-])c1ccc(F)cc1. The number of nitro groups is 1. The number of para-hydroxylation sites is 1. The summed E-state index contributed by atoms with van der Waals surface area (Å²) in [7, 11) is -4.08. The Balaban J connectivity index is 2.32. The minimum absolute atomic E-state index is 0.408. The van der Waals surface area contributed by atoms with Crippen molar-refractivity contribution in [1.82, 2.24) is 4.72 Å². The van der Waals surface area contributed by atoms with Gasteiger partial charge in [-0.25, -0.2) is 17.5 Å². The van der Waals surface area contributed by atoms with Crippen molar-refractivity contribution in [2.24, 2.45) is 0 Å². The summed E-state index contributed by atoms with van der Waals surface area (Å²) in [6, 6.07) is 9.74. The summed E-state index contributed by atoms with van der Waals surface area (Å²) in [6.45, 7) is 1.57. The van der Waals surface area contributed by atoms with Crippen LogP contribution in [0.2, 0.25) is 0 Å². The lowest BCUT2D eigenvalue weighted by molar-refractivity contribution is -0.387. The summed E-state index contributed by atoms with van der Waals surface area (Å²) < 4.78 is 39.9. The Kier molecular flexibility index (Phi) is 4.53. The van der Waals surface area contributed by atoms with Crippen LogP contribution in [0.1, 0.15) is 18.5 Å². The standard InChI is InChI=1S/C14H13FN2O4S/c1-10(11-6-8-12(15)9-7-11)16-22(20,21)14-5-3-2-4-13(14)17(18)19/h2-10,16H,1H3/t10-/m1/s1. The zero-order valence-electron chi connectivity index (χ0n) is 11.6.